The van der Waals surface area contributed by atoms with Crippen molar-refractivity contribution < 1.29 is 14.6 Å². The summed E-state index contributed by atoms with van der Waals surface area (Å²) < 4.78 is 11.4. The van der Waals surface area contributed by atoms with Crippen LogP contribution in [-0.4, -0.2) is 29.3 Å². The third-order valence-corrected chi connectivity index (χ3v) is 5.88. The maximum Gasteiger partial charge on any atom is 0.166 e. The number of halogens is 1. The van der Waals surface area contributed by atoms with Crippen LogP contribution < -0.4 is 14.8 Å². The first-order chi connectivity index (χ1) is 15.4. The van der Waals surface area contributed by atoms with Gasteiger partial charge in [0.1, 0.15) is 17.1 Å². The Morgan fingerprint density at radius 2 is 1.69 bits per heavy atom. The minimum Gasteiger partial charge on any atom is -0.505 e. The number of hydrogen-bond donors (Lipinski definition) is 2. The second kappa shape index (κ2) is 8.93. The van der Waals surface area contributed by atoms with E-state index in [9.17, 15) is 5.11 Å². The van der Waals surface area contributed by atoms with Crippen LogP contribution in [0.4, 0.5) is 5.82 Å². The van der Waals surface area contributed by atoms with Crippen molar-refractivity contribution >= 4 is 28.3 Å². The summed E-state index contributed by atoms with van der Waals surface area (Å²) in [6, 6.07) is 12.8. The van der Waals surface area contributed by atoms with Crippen molar-refractivity contribution in [1.82, 2.24) is 9.97 Å². The van der Waals surface area contributed by atoms with E-state index < -0.39 is 6.04 Å². The van der Waals surface area contributed by atoms with Crippen LogP contribution in [0.25, 0.3) is 10.9 Å². The van der Waals surface area contributed by atoms with Gasteiger partial charge in [-0.25, -0.2) is 4.98 Å². The Hall–Kier alpha value is -3.51. The van der Waals surface area contributed by atoms with Crippen molar-refractivity contribution in [2.45, 2.75) is 19.9 Å². The zero-order valence-electron chi connectivity index (χ0n) is 18.3. The van der Waals surface area contributed by atoms with Gasteiger partial charge in [0, 0.05) is 28.9 Å². The van der Waals surface area contributed by atoms with Gasteiger partial charge in [0.25, 0.3) is 0 Å². The maximum atomic E-state index is 11.2. The van der Waals surface area contributed by atoms with Gasteiger partial charge in [-0.15, -0.1) is 0 Å². The van der Waals surface area contributed by atoms with E-state index in [1.165, 1.54) is 0 Å². The summed E-state index contributed by atoms with van der Waals surface area (Å²) in [5.74, 6) is 1.92. The lowest BCUT2D eigenvalue weighted by atomic mass is 9.94. The fourth-order valence-corrected chi connectivity index (χ4v) is 3.94. The predicted molar refractivity (Wildman–Crippen MR) is 127 cm³/mol. The molecule has 0 saturated carbocycles. The summed E-state index contributed by atoms with van der Waals surface area (Å²) in [5.41, 5.74) is 3.78. The van der Waals surface area contributed by atoms with Crippen LogP contribution in [0.15, 0.2) is 54.9 Å². The number of aromatic hydroxyl groups is 1. The van der Waals surface area contributed by atoms with Gasteiger partial charge in [-0.05, 0) is 37.1 Å². The van der Waals surface area contributed by atoms with Gasteiger partial charge in [0.15, 0.2) is 11.5 Å². The number of pyridine rings is 2. The molecule has 0 aliphatic rings. The molecule has 2 heterocycles. The Kier molecular flexibility index (Phi) is 6.06. The molecule has 164 valence electrons. The standard InChI is InChI=1S/C25H24ClN3O3/c1-14-7-9-18(25(32-4)24(14)31-3)22(29-20-12-15(2)19(26)13-28-20)17-10-8-16-6-5-11-27-21(16)23(17)30/h5-13,22,30H,1-4H3,(H,28,29). The number of nitrogens with one attached hydrogen (secondary N) is 1. The average Bonchev–Trinajstić information content (AvgIpc) is 2.80. The van der Waals surface area contributed by atoms with Gasteiger partial charge in [-0.1, -0.05) is 41.9 Å². The number of anilines is 1. The van der Waals surface area contributed by atoms with Crippen molar-refractivity contribution in [3.63, 3.8) is 0 Å². The summed E-state index contributed by atoms with van der Waals surface area (Å²) in [4.78, 5) is 8.80. The number of nitrogens with zero attached hydrogens (tertiary/aromatic N) is 2. The summed E-state index contributed by atoms with van der Waals surface area (Å²) in [5, 5.41) is 16.1. The Bertz CT molecular complexity index is 1290. The van der Waals surface area contributed by atoms with Crippen LogP contribution in [0.2, 0.25) is 5.02 Å². The van der Waals surface area contributed by atoms with Gasteiger partial charge in [-0.3, -0.25) is 4.98 Å². The number of phenols is 1. The van der Waals surface area contributed by atoms with Crippen LogP contribution in [-0.2, 0) is 0 Å². The normalized spacial score (nSPS) is 11.9. The number of aromatic nitrogens is 2. The highest BCUT2D eigenvalue weighted by molar-refractivity contribution is 6.31. The molecule has 0 radical (unpaired) electrons. The number of phenolic OH excluding ortho intramolecular Hbond substituents is 1. The first-order valence-corrected chi connectivity index (χ1v) is 10.5. The first kappa shape index (κ1) is 21.7. The molecule has 1 atom stereocenters. The minimum atomic E-state index is -0.501. The van der Waals surface area contributed by atoms with Gasteiger partial charge >= 0.3 is 0 Å². The lowest BCUT2D eigenvalue weighted by Crippen LogP contribution is -2.15. The van der Waals surface area contributed by atoms with E-state index >= 15 is 0 Å². The number of methoxy groups -OCH3 is 2. The highest BCUT2D eigenvalue weighted by Gasteiger charge is 2.26. The average molecular weight is 450 g/mol. The molecule has 4 rings (SSSR count). The number of rotatable bonds is 6. The van der Waals surface area contributed by atoms with Crippen molar-refractivity contribution in [2.75, 3.05) is 19.5 Å². The van der Waals surface area contributed by atoms with Crippen LogP contribution in [0.1, 0.15) is 28.3 Å². The summed E-state index contributed by atoms with van der Waals surface area (Å²) in [7, 11) is 3.21. The largest absolute Gasteiger partial charge is 0.505 e. The van der Waals surface area contributed by atoms with Crippen molar-refractivity contribution in [3.05, 3.63) is 82.1 Å². The molecule has 4 aromatic rings. The third-order valence-electron chi connectivity index (χ3n) is 5.49. The molecule has 2 aromatic heterocycles. The molecule has 0 fully saturated rings. The Morgan fingerprint density at radius 3 is 2.41 bits per heavy atom. The molecular weight excluding hydrogens is 426 g/mol. The SMILES string of the molecule is COc1c(C)ccc(C(Nc2cc(C)c(Cl)cn2)c2ccc3cccnc3c2O)c1OC. The van der Waals surface area contributed by atoms with Crippen LogP contribution in [0, 0.1) is 13.8 Å². The predicted octanol–water partition coefficient (Wildman–Crippen LogP) is 5.82. The van der Waals surface area contributed by atoms with Crippen LogP contribution in [0.3, 0.4) is 0 Å². The Labute approximate surface area is 191 Å². The molecule has 32 heavy (non-hydrogen) atoms. The molecular formula is C25H24ClN3O3. The lowest BCUT2D eigenvalue weighted by Gasteiger charge is -2.25. The molecule has 7 heteroatoms. The van der Waals surface area contributed by atoms with E-state index in [1.807, 2.05) is 56.3 Å². The van der Waals surface area contributed by atoms with Gasteiger partial charge < -0.3 is 19.9 Å². The fourth-order valence-electron chi connectivity index (χ4n) is 3.84. The first-order valence-electron chi connectivity index (χ1n) is 10.1. The highest BCUT2D eigenvalue weighted by atomic mass is 35.5. The smallest absolute Gasteiger partial charge is 0.166 e. The molecule has 0 spiro atoms. The van der Waals surface area contributed by atoms with E-state index in [0.29, 0.717) is 33.4 Å². The fraction of sp³-hybridized carbons (Fsp3) is 0.200. The second-order valence-corrected chi connectivity index (χ2v) is 7.92. The van der Waals surface area contributed by atoms with E-state index in [2.05, 4.69) is 15.3 Å². The quantitative estimate of drug-likeness (QED) is 0.386. The Morgan fingerprint density at radius 1 is 0.938 bits per heavy atom. The minimum absolute atomic E-state index is 0.0906. The van der Waals surface area contributed by atoms with Gasteiger partial charge in [0.05, 0.1) is 25.3 Å². The van der Waals surface area contributed by atoms with Crippen molar-refractivity contribution in [1.29, 1.82) is 0 Å². The molecule has 0 aliphatic heterocycles. The molecule has 0 aliphatic carbocycles. The molecule has 2 aromatic carbocycles. The number of fused-ring (bicyclic) bond motifs is 1. The Balaban J connectivity index is 1.94. The molecule has 0 saturated heterocycles. The van der Waals surface area contributed by atoms with Crippen LogP contribution in [0.5, 0.6) is 17.2 Å². The number of benzene rings is 2. The van der Waals surface area contributed by atoms with E-state index in [4.69, 9.17) is 21.1 Å². The maximum absolute atomic E-state index is 11.2. The van der Waals surface area contributed by atoms with Crippen LogP contribution >= 0.6 is 11.6 Å². The summed E-state index contributed by atoms with van der Waals surface area (Å²) >= 11 is 6.17. The van der Waals surface area contributed by atoms with E-state index in [1.54, 1.807) is 26.6 Å². The summed E-state index contributed by atoms with van der Waals surface area (Å²) in [6.45, 7) is 3.87. The van der Waals surface area contributed by atoms with E-state index in [0.717, 1.165) is 22.1 Å². The highest BCUT2D eigenvalue weighted by Crippen LogP contribution is 2.43. The van der Waals surface area contributed by atoms with E-state index in [-0.39, 0.29) is 5.75 Å². The number of hydrogen-bond acceptors (Lipinski definition) is 6. The molecule has 1 unspecified atom stereocenters. The molecule has 2 N–H and O–H groups in total. The van der Waals surface area contributed by atoms with Gasteiger partial charge in [-0.2, -0.15) is 0 Å². The summed E-state index contributed by atoms with van der Waals surface area (Å²) in [6.07, 6.45) is 3.26. The molecule has 0 bridgehead atoms. The molecule has 0 amide bonds. The van der Waals surface area contributed by atoms with Crippen molar-refractivity contribution in [2.24, 2.45) is 0 Å². The second-order valence-electron chi connectivity index (χ2n) is 7.51. The van der Waals surface area contributed by atoms with Gasteiger partial charge in [0.2, 0.25) is 0 Å². The topological polar surface area (TPSA) is 76.5 Å². The van der Waals surface area contributed by atoms with Crippen molar-refractivity contribution in [3.8, 4) is 17.2 Å². The lowest BCUT2D eigenvalue weighted by molar-refractivity contribution is 0.349. The zero-order valence-corrected chi connectivity index (χ0v) is 19.1. The monoisotopic (exact) mass is 449 g/mol. The number of aryl methyl sites for hydroxylation is 2. The third kappa shape index (κ3) is 3.89. The molecule has 6 nitrogen and oxygen atoms in total. The zero-order chi connectivity index (χ0) is 22.8. The number of ether oxygens (including phenoxy) is 2.